The molecule has 1 N–H and O–H groups in total. The van der Waals surface area contributed by atoms with Crippen LogP contribution in [0.5, 0.6) is 0 Å². The highest BCUT2D eigenvalue weighted by Gasteiger charge is 2.24. The lowest BCUT2D eigenvalue weighted by Gasteiger charge is -2.22. The fourth-order valence-corrected chi connectivity index (χ4v) is 3.07. The normalized spacial score (nSPS) is 11.1. The Hall–Kier alpha value is -2.81. The molecule has 0 spiro atoms. The average Bonchev–Trinajstić information content (AvgIpc) is 2.52. The Morgan fingerprint density at radius 3 is 2.38 bits per heavy atom. The molecule has 0 bridgehead atoms. The molecule has 0 heterocycles. The number of nitrogens with one attached hydrogen (secondary N) is 1. The van der Waals surface area contributed by atoms with Crippen molar-refractivity contribution in [3.8, 4) is 0 Å². The van der Waals surface area contributed by atoms with Gasteiger partial charge in [-0.05, 0) is 31.2 Å². The van der Waals surface area contributed by atoms with E-state index in [-0.39, 0.29) is 11.5 Å². The van der Waals surface area contributed by atoms with Crippen molar-refractivity contribution in [2.75, 3.05) is 22.4 Å². The van der Waals surface area contributed by atoms with Gasteiger partial charge in [-0.15, -0.1) is 0 Å². The molecule has 0 saturated heterocycles. The topological polar surface area (TPSA) is 83.6 Å². The van der Waals surface area contributed by atoms with Crippen molar-refractivity contribution in [3.05, 3.63) is 59.7 Å². The van der Waals surface area contributed by atoms with Crippen molar-refractivity contribution in [1.29, 1.82) is 0 Å². The summed E-state index contributed by atoms with van der Waals surface area (Å²) in [7, 11) is -4.01. The van der Waals surface area contributed by atoms with Gasteiger partial charge in [-0.25, -0.2) is 17.2 Å². The first-order valence-electron chi connectivity index (χ1n) is 7.41. The van der Waals surface area contributed by atoms with Gasteiger partial charge in [0.05, 0.1) is 11.9 Å². The van der Waals surface area contributed by atoms with Crippen LogP contribution in [-0.2, 0) is 14.8 Å². The van der Waals surface area contributed by atoms with Crippen LogP contribution in [0.25, 0.3) is 0 Å². The summed E-state index contributed by atoms with van der Waals surface area (Å²) < 4.78 is 51.4. The number of hydrogen-bond donors (Lipinski definition) is 1. The van der Waals surface area contributed by atoms with Gasteiger partial charge >= 0.3 is 0 Å². The zero-order valence-corrected chi connectivity index (χ0v) is 14.8. The van der Waals surface area contributed by atoms with Crippen LogP contribution in [0.2, 0.25) is 0 Å². The average molecular weight is 382 g/mol. The zero-order chi connectivity index (χ0) is 19.5. The van der Waals surface area contributed by atoms with Crippen molar-refractivity contribution in [3.63, 3.8) is 0 Å². The van der Waals surface area contributed by atoms with Crippen molar-refractivity contribution >= 4 is 33.1 Å². The number of benzene rings is 2. The Morgan fingerprint density at radius 2 is 1.81 bits per heavy atom. The molecule has 0 unspecified atom stereocenters. The van der Waals surface area contributed by atoms with Gasteiger partial charge in [-0.3, -0.25) is 13.9 Å². The molecule has 9 heteroatoms. The number of carbonyl (C=O) groups excluding carboxylic acids is 2. The van der Waals surface area contributed by atoms with Crippen molar-refractivity contribution < 1.29 is 26.8 Å². The van der Waals surface area contributed by atoms with Crippen molar-refractivity contribution in [2.24, 2.45) is 0 Å². The third-order valence-corrected chi connectivity index (χ3v) is 4.55. The number of hydrogen-bond acceptors (Lipinski definition) is 4. The molecule has 26 heavy (non-hydrogen) atoms. The molecule has 0 saturated carbocycles. The van der Waals surface area contributed by atoms with Crippen molar-refractivity contribution in [2.45, 2.75) is 6.92 Å². The second-order valence-electron chi connectivity index (χ2n) is 5.55. The Labute approximate surface area is 149 Å². The maximum Gasteiger partial charge on any atom is 0.245 e. The molecule has 0 radical (unpaired) electrons. The van der Waals surface area contributed by atoms with Crippen LogP contribution in [-0.4, -0.2) is 32.9 Å². The molecule has 0 aromatic heterocycles. The number of nitrogens with zero attached hydrogens (tertiary/aromatic N) is 1. The quantitative estimate of drug-likeness (QED) is 0.779. The number of carbonyl (C=O) groups is 2. The standard InChI is InChI=1S/C17H16F2N2O4S/c1-11(22)12-4-3-5-14(8-12)20-17(23)10-21(26(2,24)25)16-7-6-13(18)9-15(16)19/h3-9H,10H2,1-2H3,(H,20,23). The number of halogens is 2. The first-order valence-corrected chi connectivity index (χ1v) is 9.26. The lowest BCUT2D eigenvalue weighted by Crippen LogP contribution is -2.38. The van der Waals surface area contributed by atoms with Crippen LogP contribution < -0.4 is 9.62 Å². The maximum absolute atomic E-state index is 13.9. The summed E-state index contributed by atoms with van der Waals surface area (Å²) in [6.07, 6.45) is 0.805. The van der Waals surface area contributed by atoms with Gasteiger partial charge in [0.1, 0.15) is 18.2 Å². The summed E-state index contributed by atoms with van der Waals surface area (Å²) in [4.78, 5) is 23.6. The summed E-state index contributed by atoms with van der Waals surface area (Å²) in [6.45, 7) is 0.648. The first-order chi connectivity index (χ1) is 12.1. The summed E-state index contributed by atoms with van der Waals surface area (Å²) in [6, 6.07) is 8.44. The van der Waals surface area contributed by atoms with Gasteiger partial charge in [0.2, 0.25) is 15.9 Å². The van der Waals surface area contributed by atoms with Crippen LogP contribution in [0.1, 0.15) is 17.3 Å². The highest BCUT2D eigenvalue weighted by Crippen LogP contribution is 2.22. The van der Waals surface area contributed by atoms with Crippen LogP contribution in [0.3, 0.4) is 0 Å². The minimum Gasteiger partial charge on any atom is -0.324 e. The first kappa shape index (κ1) is 19.5. The Balaban J connectivity index is 2.25. The molecule has 2 aromatic carbocycles. The summed E-state index contributed by atoms with van der Waals surface area (Å²) in [5, 5.41) is 2.45. The lowest BCUT2D eigenvalue weighted by molar-refractivity contribution is -0.114. The van der Waals surface area contributed by atoms with E-state index < -0.39 is 39.8 Å². The second kappa shape index (κ2) is 7.61. The SMILES string of the molecule is CC(=O)c1cccc(NC(=O)CN(c2ccc(F)cc2F)S(C)(=O)=O)c1. The smallest absolute Gasteiger partial charge is 0.245 e. The minimum atomic E-state index is -4.01. The van der Waals surface area contributed by atoms with Gasteiger partial charge in [0, 0.05) is 17.3 Å². The van der Waals surface area contributed by atoms with E-state index in [1.165, 1.54) is 19.1 Å². The van der Waals surface area contributed by atoms with E-state index in [4.69, 9.17) is 0 Å². The van der Waals surface area contributed by atoms with E-state index in [1.807, 2.05) is 0 Å². The molecule has 2 rings (SSSR count). The molecule has 0 aliphatic carbocycles. The number of Topliss-reactive ketones (excluding diaryl/α,β-unsaturated/α-hetero) is 1. The molecular weight excluding hydrogens is 366 g/mol. The van der Waals surface area contributed by atoms with Crippen molar-refractivity contribution in [1.82, 2.24) is 0 Å². The largest absolute Gasteiger partial charge is 0.324 e. The third kappa shape index (κ3) is 4.85. The predicted molar refractivity (Wildman–Crippen MR) is 93.6 cm³/mol. The number of anilines is 2. The Bertz CT molecular complexity index is 961. The number of sulfonamides is 1. The molecule has 0 aliphatic rings. The van der Waals surface area contributed by atoms with E-state index in [9.17, 15) is 26.8 Å². The van der Waals surface area contributed by atoms with Gasteiger partial charge in [-0.1, -0.05) is 12.1 Å². The summed E-state index contributed by atoms with van der Waals surface area (Å²) in [5.74, 6) is -2.93. The fourth-order valence-electron chi connectivity index (χ4n) is 2.21. The van der Waals surface area contributed by atoms with Gasteiger partial charge < -0.3 is 5.32 Å². The highest BCUT2D eigenvalue weighted by atomic mass is 32.2. The molecule has 6 nitrogen and oxygen atoms in total. The summed E-state index contributed by atoms with van der Waals surface area (Å²) in [5.41, 5.74) is 0.213. The molecule has 0 atom stereocenters. The van der Waals surface area contributed by atoms with Crippen LogP contribution in [0, 0.1) is 11.6 Å². The Morgan fingerprint density at radius 1 is 1.12 bits per heavy atom. The van der Waals surface area contributed by atoms with E-state index >= 15 is 0 Å². The number of ketones is 1. The van der Waals surface area contributed by atoms with Crippen LogP contribution in [0.15, 0.2) is 42.5 Å². The monoisotopic (exact) mass is 382 g/mol. The second-order valence-corrected chi connectivity index (χ2v) is 7.46. The molecule has 1 amide bonds. The van der Waals surface area contributed by atoms with E-state index in [1.54, 1.807) is 12.1 Å². The molecule has 2 aromatic rings. The van der Waals surface area contributed by atoms with Gasteiger partial charge in [-0.2, -0.15) is 0 Å². The van der Waals surface area contributed by atoms with E-state index in [0.29, 0.717) is 15.9 Å². The lowest BCUT2D eigenvalue weighted by atomic mass is 10.1. The summed E-state index contributed by atoms with van der Waals surface area (Å²) >= 11 is 0. The number of rotatable bonds is 6. The molecule has 138 valence electrons. The molecule has 0 aliphatic heterocycles. The molecule has 0 fully saturated rings. The molecular formula is C17H16F2N2O4S. The van der Waals surface area contributed by atoms with Gasteiger partial charge in [0.15, 0.2) is 5.78 Å². The third-order valence-electron chi connectivity index (χ3n) is 3.42. The predicted octanol–water partition coefficient (Wildman–Crippen LogP) is 2.57. The van der Waals surface area contributed by atoms with Gasteiger partial charge in [0.25, 0.3) is 0 Å². The van der Waals surface area contributed by atoms with Crippen LogP contribution >= 0.6 is 0 Å². The highest BCUT2D eigenvalue weighted by molar-refractivity contribution is 7.92. The fraction of sp³-hybridized carbons (Fsp3) is 0.176. The Kier molecular flexibility index (Phi) is 5.71. The van der Waals surface area contributed by atoms with E-state index in [0.717, 1.165) is 18.4 Å². The van der Waals surface area contributed by atoms with E-state index in [2.05, 4.69) is 5.32 Å². The number of amides is 1. The zero-order valence-electron chi connectivity index (χ0n) is 14.0. The van der Waals surface area contributed by atoms with Crippen LogP contribution in [0.4, 0.5) is 20.2 Å². The maximum atomic E-state index is 13.9. The minimum absolute atomic E-state index is 0.202.